The number of fused-ring (bicyclic) bond motifs is 1. The van der Waals surface area contributed by atoms with E-state index < -0.39 is 30.8 Å². The highest BCUT2D eigenvalue weighted by atomic mass is 19.4. The zero-order valence-corrected chi connectivity index (χ0v) is 18.7. The van der Waals surface area contributed by atoms with Crippen LogP contribution in [0.3, 0.4) is 0 Å². The molecule has 35 heavy (non-hydrogen) atoms. The van der Waals surface area contributed by atoms with Gasteiger partial charge >= 0.3 is 18.3 Å². The topological polar surface area (TPSA) is 135 Å². The van der Waals surface area contributed by atoms with E-state index in [2.05, 4.69) is 15.1 Å². The number of carboxylic acids is 1. The van der Waals surface area contributed by atoms with Gasteiger partial charge in [0.15, 0.2) is 0 Å². The molecular weight excluding hydrogens is 488 g/mol. The Bertz CT molecular complexity index is 1050. The van der Waals surface area contributed by atoms with Crippen LogP contribution in [0.25, 0.3) is 11.4 Å². The molecule has 0 bridgehead atoms. The fourth-order valence-electron chi connectivity index (χ4n) is 3.25. The summed E-state index contributed by atoms with van der Waals surface area (Å²) in [4.78, 5) is 31.4. The van der Waals surface area contributed by atoms with Crippen LogP contribution in [0.1, 0.15) is 42.5 Å². The number of nitrogens with two attached hydrogens (primary N) is 1. The molecular formula is C20H23F6N5O4. The van der Waals surface area contributed by atoms with Crippen LogP contribution in [0, 0.1) is 6.92 Å². The predicted octanol–water partition coefficient (Wildman–Crippen LogP) is 3.19. The van der Waals surface area contributed by atoms with Crippen LogP contribution < -0.4 is 5.73 Å². The fraction of sp³-hybridized carbons (Fsp3) is 0.550. The molecule has 2 aromatic heterocycles. The first kappa shape index (κ1) is 28.0. The Labute approximate surface area is 195 Å². The van der Waals surface area contributed by atoms with Crippen LogP contribution in [0.4, 0.5) is 26.3 Å². The zero-order chi connectivity index (χ0) is 26.6. The molecule has 1 amide bonds. The lowest BCUT2D eigenvalue weighted by molar-refractivity contribution is -0.192. The van der Waals surface area contributed by atoms with Gasteiger partial charge in [0.2, 0.25) is 17.6 Å². The summed E-state index contributed by atoms with van der Waals surface area (Å²) < 4.78 is 73.9. The molecule has 0 aromatic carbocycles. The molecule has 1 aliphatic heterocycles. The monoisotopic (exact) mass is 511 g/mol. The minimum atomic E-state index is -5.08. The first-order valence-corrected chi connectivity index (χ1v) is 10.4. The van der Waals surface area contributed by atoms with Crippen molar-refractivity contribution >= 4 is 11.9 Å². The van der Waals surface area contributed by atoms with E-state index in [1.807, 2.05) is 6.92 Å². The van der Waals surface area contributed by atoms with E-state index in [0.29, 0.717) is 37.2 Å². The third-order valence-corrected chi connectivity index (χ3v) is 5.08. The minimum Gasteiger partial charge on any atom is -0.475 e. The highest BCUT2D eigenvalue weighted by molar-refractivity contribution is 5.82. The molecule has 3 N–H and O–H groups in total. The summed E-state index contributed by atoms with van der Waals surface area (Å²) in [5.74, 6) is -2.70. The Morgan fingerprint density at radius 3 is 2.43 bits per heavy atom. The Kier molecular flexibility index (Phi) is 8.81. The van der Waals surface area contributed by atoms with Crippen molar-refractivity contribution in [3.63, 3.8) is 0 Å². The molecule has 194 valence electrons. The van der Waals surface area contributed by atoms with Gasteiger partial charge in [-0.25, -0.2) is 4.79 Å². The van der Waals surface area contributed by atoms with Crippen molar-refractivity contribution in [3.05, 3.63) is 28.9 Å². The van der Waals surface area contributed by atoms with Crippen LogP contribution in [0.15, 0.2) is 10.7 Å². The first-order chi connectivity index (χ1) is 16.1. The smallest absolute Gasteiger partial charge is 0.475 e. The van der Waals surface area contributed by atoms with Crippen LogP contribution in [0.5, 0.6) is 0 Å². The average molecular weight is 511 g/mol. The molecule has 2 aromatic rings. The van der Waals surface area contributed by atoms with Crippen molar-refractivity contribution < 1.29 is 45.6 Å². The number of aromatic nitrogens is 3. The molecule has 3 heterocycles. The molecule has 1 aliphatic rings. The van der Waals surface area contributed by atoms with Crippen molar-refractivity contribution in [3.8, 4) is 11.4 Å². The summed E-state index contributed by atoms with van der Waals surface area (Å²) in [5.41, 5.74) is 8.96. The van der Waals surface area contributed by atoms with Gasteiger partial charge in [-0.15, -0.1) is 0 Å². The summed E-state index contributed by atoms with van der Waals surface area (Å²) in [7, 11) is 0. The summed E-state index contributed by atoms with van der Waals surface area (Å²) in [6.07, 6.45) is -7.93. The summed E-state index contributed by atoms with van der Waals surface area (Å²) >= 11 is 0. The molecule has 0 fully saturated rings. The molecule has 0 spiro atoms. The molecule has 0 radical (unpaired) electrons. The number of alkyl halides is 6. The Morgan fingerprint density at radius 1 is 1.26 bits per heavy atom. The third kappa shape index (κ3) is 7.63. The maximum atomic E-state index is 12.4. The molecule has 9 nitrogen and oxygen atoms in total. The van der Waals surface area contributed by atoms with Crippen molar-refractivity contribution in [2.45, 2.75) is 64.5 Å². The number of pyridine rings is 1. The lowest BCUT2D eigenvalue weighted by atomic mass is 9.94. The largest absolute Gasteiger partial charge is 0.490 e. The number of nitrogens with zero attached hydrogens (tertiary/aromatic N) is 4. The number of hydrogen-bond donors (Lipinski definition) is 2. The number of rotatable bonds is 5. The summed E-state index contributed by atoms with van der Waals surface area (Å²) in [5, 5.41) is 11.0. The average Bonchev–Trinajstić information content (AvgIpc) is 3.24. The number of carboxylic acid groups (broad SMARTS) is 1. The molecule has 0 unspecified atom stereocenters. The highest BCUT2D eigenvalue weighted by Gasteiger charge is 2.38. The Hall–Kier alpha value is -3.23. The predicted molar refractivity (Wildman–Crippen MR) is 108 cm³/mol. The first-order valence-electron chi connectivity index (χ1n) is 10.4. The normalized spacial score (nSPS) is 14.6. The third-order valence-electron chi connectivity index (χ3n) is 5.08. The molecule has 0 saturated carbocycles. The maximum absolute atomic E-state index is 12.4. The Morgan fingerprint density at radius 2 is 1.89 bits per heavy atom. The van der Waals surface area contributed by atoms with Gasteiger partial charge in [-0.1, -0.05) is 12.1 Å². The quantitative estimate of drug-likeness (QED) is 0.585. The van der Waals surface area contributed by atoms with Crippen molar-refractivity contribution in [2.75, 3.05) is 6.54 Å². The van der Waals surface area contributed by atoms with Crippen LogP contribution in [-0.4, -0.2) is 61.9 Å². The number of hydrogen-bond acceptors (Lipinski definition) is 7. The van der Waals surface area contributed by atoms with Gasteiger partial charge in [0.05, 0.1) is 12.5 Å². The SMILES string of the molecule is CC[C@H](N)C(=O)N1CCc2c(cnc(C)c2-c2noc(CCC(F)(F)F)n2)C1.O=C(O)C(F)(F)F. The van der Waals surface area contributed by atoms with Gasteiger partial charge in [0.25, 0.3) is 0 Å². The van der Waals surface area contributed by atoms with Gasteiger partial charge in [0.1, 0.15) is 0 Å². The van der Waals surface area contributed by atoms with Gasteiger partial charge in [0, 0.05) is 37.0 Å². The highest BCUT2D eigenvalue weighted by Crippen LogP contribution is 2.31. The van der Waals surface area contributed by atoms with E-state index >= 15 is 0 Å². The second kappa shape index (κ2) is 11.0. The van der Waals surface area contributed by atoms with E-state index in [1.54, 1.807) is 18.0 Å². The van der Waals surface area contributed by atoms with Gasteiger partial charge < -0.3 is 20.3 Å². The van der Waals surface area contributed by atoms with Gasteiger partial charge in [-0.05, 0) is 30.9 Å². The van der Waals surface area contributed by atoms with Crippen LogP contribution in [0.2, 0.25) is 0 Å². The summed E-state index contributed by atoms with van der Waals surface area (Å²) in [6.45, 7) is 4.51. The number of aliphatic carboxylic acids is 1. The number of amides is 1. The van der Waals surface area contributed by atoms with Crippen LogP contribution >= 0.6 is 0 Å². The number of carbonyl (C=O) groups excluding carboxylic acids is 1. The van der Waals surface area contributed by atoms with Crippen molar-refractivity contribution in [1.29, 1.82) is 0 Å². The van der Waals surface area contributed by atoms with Crippen molar-refractivity contribution in [1.82, 2.24) is 20.0 Å². The number of carbonyl (C=O) groups is 2. The zero-order valence-electron chi connectivity index (χ0n) is 18.7. The second-order valence-electron chi connectivity index (χ2n) is 7.68. The van der Waals surface area contributed by atoms with Gasteiger partial charge in [-0.2, -0.15) is 31.3 Å². The standard InChI is InChI=1S/C18H22F3N5O2.C2HF3O2/c1-3-13(22)17(27)26-7-5-12-11(9-26)8-23-10(2)15(12)16-24-14(28-25-16)4-6-18(19,20)21;3-2(4,5)1(6)7/h8,13H,3-7,9,22H2,1-2H3;(H,6,7)/t13-;/m0./s1. The van der Waals surface area contributed by atoms with Crippen molar-refractivity contribution in [2.24, 2.45) is 5.73 Å². The van der Waals surface area contributed by atoms with E-state index in [1.165, 1.54) is 0 Å². The fourth-order valence-corrected chi connectivity index (χ4v) is 3.25. The Balaban J connectivity index is 0.000000540. The maximum Gasteiger partial charge on any atom is 0.490 e. The number of halogens is 6. The van der Waals surface area contributed by atoms with E-state index in [0.717, 1.165) is 11.1 Å². The lowest BCUT2D eigenvalue weighted by Crippen LogP contribution is -2.45. The second-order valence-corrected chi connectivity index (χ2v) is 7.68. The molecule has 15 heteroatoms. The number of aryl methyl sites for hydroxylation is 2. The minimum absolute atomic E-state index is 0.0640. The molecule has 3 rings (SSSR count). The van der Waals surface area contributed by atoms with Gasteiger partial charge in [-0.3, -0.25) is 9.78 Å². The van der Waals surface area contributed by atoms with Crippen LogP contribution in [-0.2, 0) is 29.0 Å². The van der Waals surface area contributed by atoms with E-state index in [-0.39, 0.29) is 24.0 Å². The lowest BCUT2D eigenvalue weighted by Gasteiger charge is -2.31. The molecule has 0 aliphatic carbocycles. The van der Waals surface area contributed by atoms with E-state index in [9.17, 15) is 31.1 Å². The molecule has 1 atom stereocenters. The summed E-state index contributed by atoms with van der Waals surface area (Å²) in [6, 6.07) is -0.534. The van der Waals surface area contributed by atoms with E-state index in [4.69, 9.17) is 20.2 Å². The molecule has 0 saturated heterocycles.